The summed E-state index contributed by atoms with van der Waals surface area (Å²) in [6.45, 7) is 5.40. The van der Waals surface area contributed by atoms with E-state index in [9.17, 15) is 0 Å². The predicted octanol–water partition coefficient (Wildman–Crippen LogP) is 1.53. The molecule has 0 bridgehead atoms. The molecule has 0 aliphatic carbocycles. The quantitative estimate of drug-likeness (QED) is 0.863. The smallest absolute Gasteiger partial charge is 0.145 e. The molecule has 0 spiro atoms. The Morgan fingerprint density at radius 1 is 1.50 bits per heavy atom. The number of nitrogen functional groups attached to an aromatic ring is 1. The maximum absolute atomic E-state index is 5.66. The molecule has 1 saturated heterocycles. The monoisotopic (exact) mass is 252 g/mol. The highest BCUT2D eigenvalue weighted by atomic mass is 16.5. The van der Waals surface area contributed by atoms with Crippen LogP contribution in [0.15, 0.2) is 12.3 Å². The summed E-state index contributed by atoms with van der Waals surface area (Å²) in [5.74, 6) is 0.617. The molecule has 1 aliphatic heterocycles. The number of methoxy groups -OCH3 is 1. The van der Waals surface area contributed by atoms with Crippen LogP contribution in [0.2, 0.25) is 0 Å². The van der Waals surface area contributed by atoms with E-state index in [0.717, 1.165) is 39.0 Å². The van der Waals surface area contributed by atoms with E-state index in [1.165, 1.54) is 0 Å². The number of rotatable bonds is 5. The summed E-state index contributed by atoms with van der Waals surface area (Å²) in [6.07, 6.45) is 5.40. The summed E-state index contributed by atoms with van der Waals surface area (Å²) in [4.78, 5) is 2.54. The van der Waals surface area contributed by atoms with Gasteiger partial charge in [-0.2, -0.15) is 5.10 Å². The minimum atomic E-state index is 0.508. The van der Waals surface area contributed by atoms with Crippen molar-refractivity contribution in [1.82, 2.24) is 14.7 Å². The average molecular weight is 252 g/mol. The van der Waals surface area contributed by atoms with Crippen LogP contribution in [0.25, 0.3) is 0 Å². The number of aromatic nitrogens is 2. The van der Waals surface area contributed by atoms with Crippen molar-refractivity contribution in [2.24, 2.45) is 0 Å². The number of likely N-dealkylation sites (tertiary alicyclic amines) is 1. The molecule has 1 aromatic heterocycles. The van der Waals surface area contributed by atoms with E-state index >= 15 is 0 Å². The van der Waals surface area contributed by atoms with Crippen LogP contribution in [-0.4, -0.2) is 47.5 Å². The third kappa shape index (κ3) is 3.23. The van der Waals surface area contributed by atoms with Crippen LogP contribution >= 0.6 is 0 Å². The van der Waals surface area contributed by atoms with E-state index in [2.05, 4.69) is 16.9 Å². The van der Waals surface area contributed by atoms with Crippen molar-refractivity contribution in [2.45, 2.75) is 38.3 Å². The first-order valence-corrected chi connectivity index (χ1v) is 6.74. The van der Waals surface area contributed by atoms with Gasteiger partial charge in [0.05, 0.1) is 6.04 Å². The van der Waals surface area contributed by atoms with Gasteiger partial charge >= 0.3 is 0 Å². The number of anilines is 1. The van der Waals surface area contributed by atoms with Crippen molar-refractivity contribution in [3.63, 3.8) is 0 Å². The van der Waals surface area contributed by atoms with Crippen LogP contribution in [-0.2, 0) is 4.74 Å². The summed E-state index contributed by atoms with van der Waals surface area (Å²) in [5, 5.41) is 4.31. The van der Waals surface area contributed by atoms with Gasteiger partial charge in [0.1, 0.15) is 5.82 Å². The highest BCUT2D eigenvalue weighted by Gasteiger charge is 2.23. The molecule has 0 radical (unpaired) electrons. The third-order valence-electron chi connectivity index (χ3n) is 3.87. The Morgan fingerprint density at radius 3 is 2.78 bits per heavy atom. The Hall–Kier alpha value is -1.07. The maximum Gasteiger partial charge on any atom is 0.145 e. The number of hydrogen-bond donors (Lipinski definition) is 1. The van der Waals surface area contributed by atoms with Crippen LogP contribution in [0.3, 0.4) is 0 Å². The number of nitrogens with zero attached hydrogens (tertiary/aromatic N) is 3. The molecule has 2 rings (SSSR count). The van der Waals surface area contributed by atoms with E-state index in [4.69, 9.17) is 10.5 Å². The molecular weight excluding hydrogens is 228 g/mol. The fraction of sp³-hybridized carbons (Fsp3) is 0.769. The van der Waals surface area contributed by atoms with Crippen LogP contribution in [0.5, 0.6) is 0 Å². The molecule has 5 nitrogen and oxygen atoms in total. The SMILES string of the molecule is COCCC(C)N1CCC(n2ccc(N)n2)CC1. The number of ether oxygens (including phenoxy) is 1. The van der Waals surface area contributed by atoms with Crippen molar-refractivity contribution in [3.8, 4) is 0 Å². The molecule has 1 aliphatic rings. The first-order chi connectivity index (χ1) is 8.70. The number of nitrogens with two attached hydrogens (primary N) is 1. The molecule has 1 atom stereocenters. The van der Waals surface area contributed by atoms with E-state index in [0.29, 0.717) is 17.9 Å². The Morgan fingerprint density at radius 2 is 2.22 bits per heavy atom. The number of hydrogen-bond acceptors (Lipinski definition) is 4. The second-order valence-electron chi connectivity index (χ2n) is 5.12. The van der Waals surface area contributed by atoms with Crippen molar-refractivity contribution in [3.05, 3.63) is 12.3 Å². The van der Waals surface area contributed by atoms with Crippen LogP contribution in [0, 0.1) is 0 Å². The topological polar surface area (TPSA) is 56.3 Å². The molecule has 18 heavy (non-hydrogen) atoms. The maximum atomic E-state index is 5.66. The van der Waals surface area contributed by atoms with E-state index in [1.807, 2.05) is 16.9 Å². The van der Waals surface area contributed by atoms with Gasteiger partial charge in [0.25, 0.3) is 0 Å². The molecule has 2 N–H and O–H groups in total. The summed E-state index contributed by atoms with van der Waals surface area (Å²) >= 11 is 0. The van der Waals surface area contributed by atoms with E-state index < -0.39 is 0 Å². The molecule has 0 amide bonds. The highest BCUT2D eigenvalue weighted by molar-refractivity contribution is 5.24. The van der Waals surface area contributed by atoms with Gasteiger partial charge in [-0.05, 0) is 32.3 Å². The van der Waals surface area contributed by atoms with Gasteiger partial charge in [0, 0.05) is 39.0 Å². The van der Waals surface area contributed by atoms with Crippen molar-refractivity contribution in [1.29, 1.82) is 0 Å². The van der Waals surface area contributed by atoms with Crippen molar-refractivity contribution >= 4 is 5.82 Å². The standard InChI is InChI=1S/C13H24N4O/c1-11(6-10-18-2)16-7-3-12(4-8-16)17-9-5-13(14)15-17/h5,9,11-12H,3-4,6-8,10H2,1-2H3,(H2,14,15). The van der Waals surface area contributed by atoms with Gasteiger partial charge in [-0.25, -0.2) is 0 Å². The molecule has 1 unspecified atom stereocenters. The van der Waals surface area contributed by atoms with Gasteiger partial charge in [-0.15, -0.1) is 0 Å². The van der Waals surface area contributed by atoms with Crippen LogP contribution in [0.4, 0.5) is 5.82 Å². The van der Waals surface area contributed by atoms with Gasteiger partial charge < -0.3 is 15.4 Å². The highest BCUT2D eigenvalue weighted by Crippen LogP contribution is 2.24. The molecule has 0 aromatic carbocycles. The van der Waals surface area contributed by atoms with Crippen LogP contribution in [0.1, 0.15) is 32.2 Å². The molecule has 2 heterocycles. The van der Waals surface area contributed by atoms with Gasteiger partial charge in [-0.1, -0.05) is 0 Å². The van der Waals surface area contributed by atoms with Crippen LogP contribution < -0.4 is 5.73 Å². The summed E-state index contributed by atoms with van der Waals surface area (Å²) in [6, 6.07) is 2.98. The van der Waals surface area contributed by atoms with Crippen molar-refractivity contribution < 1.29 is 4.74 Å². The average Bonchev–Trinajstić information content (AvgIpc) is 2.83. The summed E-state index contributed by atoms with van der Waals surface area (Å²) < 4.78 is 7.16. The summed E-state index contributed by atoms with van der Waals surface area (Å²) in [7, 11) is 1.76. The first kappa shape index (κ1) is 13.4. The Labute approximate surface area is 109 Å². The predicted molar refractivity (Wildman–Crippen MR) is 72.4 cm³/mol. The second-order valence-corrected chi connectivity index (χ2v) is 5.12. The van der Waals surface area contributed by atoms with Crippen molar-refractivity contribution in [2.75, 3.05) is 32.5 Å². The minimum absolute atomic E-state index is 0.508. The lowest BCUT2D eigenvalue weighted by Gasteiger charge is -2.36. The normalized spacial score (nSPS) is 20.1. The molecule has 1 aromatic rings. The molecular formula is C13H24N4O. The fourth-order valence-electron chi connectivity index (χ4n) is 2.62. The zero-order valence-corrected chi connectivity index (χ0v) is 11.4. The lowest BCUT2D eigenvalue weighted by atomic mass is 10.0. The third-order valence-corrected chi connectivity index (χ3v) is 3.87. The lowest BCUT2D eigenvalue weighted by molar-refractivity contribution is 0.106. The van der Waals surface area contributed by atoms with E-state index in [1.54, 1.807) is 7.11 Å². The van der Waals surface area contributed by atoms with Gasteiger partial charge in [-0.3, -0.25) is 4.68 Å². The minimum Gasteiger partial charge on any atom is -0.385 e. The Bertz CT molecular complexity index is 358. The second kappa shape index (κ2) is 6.20. The van der Waals surface area contributed by atoms with Gasteiger partial charge in [0.2, 0.25) is 0 Å². The summed E-state index contributed by atoms with van der Waals surface area (Å²) in [5.41, 5.74) is 5.66. The zero-order chi connectivity index (χ0) is 13.0. The molecule has 5 heteroatoms. The molecule has 102 valence electrons. The lowest BCUT2D eigenvalue weighted by Crippen LogP contribution is -2.41. The number of piperidine rings is 1. The largest absolute Gasteiger partial charge is 0.385 e. The van der Waals surface area contributed by atoms with Gasteiger partial charge in [0.15, 0.2) is 0 Å². The fourth-order valence-corrected chi connectivity index (χ4v) is 2.62. The molecule has 0 saturated carbocycles. The Balaban J connectivity index is 1.80. The first-order valence-electron chi connectivity index (χ1n) is 6.74. The molecule has 1 fully saturated rings. The Kier molecular flexibility index (Phi) is 4.60. The van der Waals surface area contributed by atoms with E-state index in [-0.39, 0.29) is 0 Å². The zero-order valence-electron chi connectivity index (χ0n) is 11.4.